The molecule has 0 aliphatic carbocycles. The molecule has 0 aliphatic rings. The van der Waals surface area contributed by atoms with Crippen LogP contribution in [0.4, 0.5) is 9.52 Å². The molecule has 1 amide bonds. The first-order chi connectivity index (χ1) is 15.3. The largest absolute Gasteiger partial charge is 0.284 e. The van der Waals surface area contributed by atoms with Gasteiger partial charge in [-0.3, -0.25) is 9.69 Å². The molecule has 1 aromatic heterocycles. The van der Waals surface area contributed by atoms with Gasteiger partial charge in [0.2, 0.25) is 5.91 Å². The molecule has 1 heterocycles. The van der Waals surface area contributed by atoms with Crippen molar-refractivity contribution in [1.82, 2.24) is 4.98 Å². The zero-order chi connectivity index (χ0) is 22.7. The summed E-state index contributed by atoms with van der Waals surface area (Å²) in [6, 6.07) is 20.5. The van der Waals surface area contributed by atoms with Crippen LogP contribution in [0, 0.1) is 12.7 Å². The summed E-state index contributed by atoms with van der Waals surface area (Å²) in [5.41, 5.74) is 2.02. The highest BCUT2D eigenvalue weighted by Crippen LogP contribution is 2.31. The molecule has 3 aromatic carbocycles. The Morgan fingerprint density at radius 1 is 1.00 bits per heavy atom. The third-order valence-electron chi connectivity index (χ3n) is 5.04. The molecule has 0 saturated carbocycles. The number of nitrogens with zero attached hydrogens (tertiary/aromatic N) is 2. The van der Waals surface area contributed by atoms with E-state index in [4.69, 9.17) is 0 Å². The average molecular weight is 469 g/mol. The van der Waals surface area contributed by atoms with Gasteiger partial charge >= 0.3 is 0 Å². The number of amides is 1. The van der Waals surface area contributed by atoms with Crippen molar-refractivity contribution in [2.75, 3.05) is 10.7 Å². The van der Waals surface area contributed by atoms with Gasteiger partial charge in [0.1, 0.15) is 11.3 Å². The molecular formula is C24H21FN2O3S2. The molecule has 0 atom stereocenters. The van der Waals surface area contributed by atoms with Gasteiger partial charge in [0.05, 0.1) is 21.9 Å². The predicted molar refractivity (Wildman–Crippen MR) is 125 cm³/mol. The molecule has 0 fully saturated rings. The minimum absolute atomic E-state index is 0.188. The Balaban J connectivity index is 1.61. The van der Waals surface area contributed by atoms with Gasteiger partial charge in [0, 0.05) is 6.42 Å². The highest BCUT2D eigenvalue weighted by atomic mass is 32.2. The number of carbonyl (C=O) groups is 1. The molecule has 0 saturated heterocycles. The molecule has 5 nitrogen and oxygen atoms in total. The number of benzene rings is 3. The summed E-state index contributed by atoms with van der Waals surface area (Å²) < 4.78 is 40.2. The third-order valence-corrected chi connectivity index (χ3v) is 7.81. The summed E-state index contributed by atoms with van der Waals surface area (Å²) >= 11 is 1.20. The standard InChI is InChI=1S/C24H21FN2O3S2/c1-17-10-12-19(13-11-17)32(29,30)15-14-22(28)27(16-18-6-3-2-4-7-18)24-26-23-20(25)8-5-9-21(23)31-24/h2-13H,14-16H2,1H3. The van der Waals surface area contributed by atoms with E-state index in [1.165, 1.54) is 22.3 Å². The van der Waals surface area contributed by atoms with Crippen molar-refractivity contribution >= 4 is 42.4 Å². The first-order valence-electron chi connectivity index (χ1n) is 10.0. The maximum Gasteiger partial charge on any atom is 0.230 e. The second-order valence-corrected chi connectivity index (χ2v) is 10.5. The molecule has 0 aliphatic heterocycles. The molecule has 0 unspecified atom stereocenters. The van der Waals surface area contributed by atoms with E-state index in [0.717, 1.165) is 11.1 Å². The lowest BCUT2D eigenvalue weighted by molar-refractivity contribution is -0.118. The zero-order valence-electron chi connectivity index (χ0n) is 17.4. The maximum absolute atomic E-state index is 14.2. The van der Waals surface area contributed by atoms with E-state index in [1.54, 1.807) is 36.4 Å². The van der Waals surface area contributed by atoms with Crippen LogP contribution in [0.15, 0.2) is 77.7 Å². The van der Waals surface area contributed by atoms with Crippen LogP contribution in [0.3, 0.4) is 0 Å². The average Bonchev–Trinajstić information content (AvgIpc) is 3.22. The van der Waals surface area contributed by atoms with Crippen molar-refractivity contribution in [2.24, 2.45) is 0 Å². The maximum atomic E-state index is 14.2. The lowest BCUT2D eigenvalue weighted by Crippen LogP contribution is -2.31. The fourth-order valence-corrected chi connectivity index (χ4v) is 5.49. The fourth-order valence-electron chi connectivity index (χ4n) is 3.27. The predicted octanol–water partition coefficient (Wildman–Crippen LogP) is 5.14. The van der Waals surface area contributed by atoms with Crippen molar-refractivity contribution in [3.8, 4) is 0 Å². The Morgan fingerprint density at radius 3 is 2.41 bits per heavy atom. The van der Waals surface area contributed by atoms with Crippen LogP contribution in [0.1, 0.15) is 17.5 Å². The Kier molecular flexibility index (Phi) is 6.34. The van der Waals surface area contributed by atoms with Gasteiger partial charge in [-0.15, -0.1) is 0 Å². The van der Waals surface area contributed by atoms with Crippen molar-refractivity contribution < 1.29 is 17.6 Å². The lowest BCUT2D eigenvalue weighted by Gasteiger charge is -2.20. The van der Waals surface area contributed by atoms with Crippen molar-refractivity contribution in [3.05, 3.63) is 89.7 Å². The van der Waals surface area contributed by atoms with Gasteiger partial charge in [0.25, 0.3) is 0 Å². The van der Waals surface area contributed by atoms with Crippen LogP contribution in [-0.4, -0.2) is 25.1 Å². The zero-order valence-corrected chi connectivity index (χ0v) is 19.0. The number of para-hydroxylation sites is 1. The Bertz CT molecular complexity index is 1350. The molecule has 4 rings (SSSR count). The van der Waals surface area contributed by atoms with Crippen LogP contribution in [0.2, 0.25) is 0 Å². The highest BCUT2D eigenvalue weighted by molar-refractivity contribution is 7.91. The van der Waals surface area contributed by atoms with Crippen LogP contribution >= 0.6 is 11.3 Å². The quantitative estimate of drug-likeness (QED) is 0.377. The summed E-state index contributed by atoms with van der Waals surface area (Å²) in [4.78, 5) is 19.1. The second kappa shape index (κ2) is 9.18. The summed E-state index contributed by atoms with van der Waals surface area (Å²) in [6.45, 7) is 2.09. The monoisotopic (exact) mass is 468 g/mol. The summed E-state index contributed by atoms with van der Waals surface area (Å²) in [5, 5.41) is 0.340. The Hall–Kier alpha value is -3.10. The van der Waals surface area contributed by atoms with Gasteiger partial charge in [-0.2, -0.15) is 0 Å². The van der Waals surface area contributed by atoms with Gasteiger partial charge in [-0.25, -0.2) is 17.8 Å². The molecule has 4 aromatic rings. The van der Waals surface area contributed by atoms with Crippen LogP contribution < -0.4 is 4.90 Å². The summed E-state index contributed by atoms with van der Waals surface area (Å²) in [5.74, 6) is -1.16. The number of hydrogen-bond donors (Lipinski definition) is 0. The third kappa shape index (κ3) is 4.87. The van der Waals surface area contributed by atoms with Crippen molar-refractivity contribution in [1.29, 1.82) is 0 Å². The molecular weight excluding hydrogens is 447 g/mol. The number of halogens is 1. The van der Waals surface area contributed by atoms with Crippen molar-refractivity contribution in [2.45, 2.75) is 24.8 Å². The molecule has 32 heavy (non-hydrogen) atoms. The van der Waals surface area contributed by atoms with Crippen LogP contribution in [0.25, 0.3) is 10.2 Å². The fraction of sp³-hybridized carbons (Fsp3) is 0.167. The Labute approximate surface area is 190 Å². The Morgan fingerprint density at radius 2 is 1.72 bits per heavy atom. The second-order valence-electron chi connectivity index (χ2n) is 7.43. The molecule has 0 spiro atoms. The van der Waals surface area contributed by atoms with E-state index in [2.05, 4.69) is 4.98 Å². The molecule has 0 bridgehead atoms. The number of aromatic nitrogens is 1. The van der Waals surface area contributed by atoms with E-state index >= 15 is 0 Å². The number of rotatable bonds is 7. The van der Waals surface area contributed by atoms with E-state index in [9.17, 15) is 17.6 Å². The SMILES string of the molecule is Cc1ccc(S(=O)(=O)CCC(=O)N(Cc2ccccc2)c2nc3c(F)cccc3s2)cc1. The number of sulfone groups is 1. The molecule has 164 valence electrons. The van der Waals surface area contributed by atoms with Crippen LogP contribution in [0.5, 0.6) is 0 Å². The van der Waals surface area contributed by atoms with Crippen LogP contribution in [-0.2, 0) is 21.2 Å². The van der Waals surface area contributed by atoms with Gasteiger partial charge < -0.3 is 0 Å². The van der Waals surface area contributed by atoms with E-state index in [-0.39, 0.29) is 35.0 Å². The highest BCUT2D eigenvalue weighted by Gasteiger charge is 2.24. The number of hydrogen-bond acceptors (Lipinski definition) is 5. The normalized spacial score (nSPS) is 11.6. The number of thiazole rings is 1. The first kappa shape index (κ1) is 22.1. The van der Waals surface area contributed by atoms with Gasteiger partial charge in [-0.1, -0.05) is 65.4 Å². The van der Waals surface area contributed by atoms with E-state index in [0.29, 0.717) is 9.83 Å². The van der Waals surface area contributed by atoms with E-state index < -0.39 is 15.7 Å². The van der Waals surface area contributed by atoms with E-state index in [1.807, 2.05) is 37.3 Å². The number of carbonyl (C=O) groups excluding carboxylic acids is 1. The topological polar surface area (TPSA) is 67.3 Å². The molecule has 0 N–H and O–H groups in total. The molecule has 8 heteroatoms. The van der Waals surface area contributed by atoms with Gasteiger partial charge in [-0.05, 0) is 36.8 Å². The smallest absolute Gasteiger partial charge is 0.230 e. The van der Waals surface area contributed by atoms with Crippen molar-refractivity contribution in [3.63, 3.8) is 0 Å². The first-order valence-corrected chi connectivity index (χ1v) is 12.5. The number of fused-ring (bicyclic) bond motifs is 1. The lowest BCUT2D eigenvalue weighted by atomic mass is 10.2. The van der Waals surface area contributed by atoms with Gasteiger partial charge in [0.15, 0.2) is 15.0 Å². The number of aryl methyl sites for hydroxylation is 1. The minimum atomic E-state index is -3.62. The summed E-state index contributed by atoms with van der Waals surface area (Å²) in [6.07, 6.45) is -0.207. The molecule has 0 radical (unpaired) electrons. The summed E-state index contributed by atoms with van der Waals surface area (Å²) in [7, 11) is -3.62. The number of anilines is 1. The minimum Gasteiger partial charge on any atom is -0.284 e.